The fraction of sp³-hybridized carbons (Fsp3) is 0.444. The lowest BCUT2D eigenvalue weighted by Crippen LogP contribution is -2.30. The number of hydrogen-bond donors (Lipinski definition) is 1. The smallest absolute Gasteiger partial charge is 0.251 e. The number of amides is 1. The third-order valence-corrected chi connectivity index (χ3v) is 6.37. The van der Waals surface area contributed by atoms with Crippen molar-refractivity contribution < 1.29 is 17.7 Å². The number of rotatable bonds is 8. The van der Waals surface area contributed by atoms with Crippen molar-refractivity contribution in [2.24, 2.45) is 0 Å². The van der Waals surface area contributed by atoms with Gasteiger partial charge in [0, 0.05) is 30.8 Å². The first-order valence-corrected chi connectivity index (χ1v) is 10.0. The van der Waals surface area contributed by atoms with E-state index in [4.69, 9.17) is 4.52 Å². The highest BCUT2D eigenvalue weighted by atomic mass is 32.2. The Balaban J connectivity index is 2.00. The molecule has 1 N–H and O–H groups in total. The Labute approximate surface area is 154 Å². The average molecular weight is 379 g/mol. The van der Waals surface area contributed by atoms with Gasteiger partial charge < -0.3 is 9.84 Å². The summed E-state index contributed by atoms with van der Waals surface area (Å²) in [7, 11) is -3.52. The summed E-state index contributed by atoms with van der Waals surface area (Å²) >= 11 is 0. The van der Waals surface area contributed by atoms with Gasteiger partial charge in [-0.05, 0) is 44.5 Å². The first-order valence-electron chi connectivity index (χ1n) is 8.61. The molecule has 1 aromatic heterocycles. The molecular formula is C18H25N3O4S. The van der Waals surface area contributed by atoms with Crippen LogP contribution < -0.4 is 5.32 Å². The Kier molecular flexibility index (Phi) is 6.55. The maximum absolute atomic E-state index is 12.5. The van der Waals surface area contributed by atoms with Crippen LogP contribution in [-0.2, 0) is 16.4 Å². The van der Waals surface area contributed by atoms with Crippen molar-refractivity contribution in [1.82, 2.24) is 14.8 Å². The zero-order chi connectivity index (χ0) is 19.3. The molecule has 0 aliphatic carbocycles. The van der Waals surface area contributed by atoms with Crippen LogP contribution in [0.2, 0.25) is 0 Å². The number of hydrogen-bond acceptors (Lipinski definition) is 5. The highest BCUT2D eigenvalue weighted by Crippen LogP contribution is 2.16. The molecule has 7 nitrogen and oxygen atoms in total. The second-order valence-electron chi connectivity index (χ2n) is 5.92. The zero-order valence-electron chi connectivity index (χ0n) is 15.6. The second-order valence-corrected chi connectivity index (χ2v) is 7.86. The summed E-state index contributed by atoms with van der Waals surface area (Å²) < 4.78 is 31.4. The van der Waals surface area contributed by atoms with E-state index in [0.29, 0.717) is 31.6 Å². The number of sulfonamides is 1. The lowest BCUT2D eigenvalue weighted by molar-refractivity contribution is 0.0954. The normalized spacial score (nSPS) is 11.7. The molecule has 1 aromatic carbocycles. The monoisotopic (exact) mass is 379 g/mol. The Hall–Kier alpha value is -2.19. The number of nitrogens with one attached hydrogen (secondary N) is 1. The zero-order valence-corrected chi connectivity index (χ0v) is 16.4. The van der Waals surface area contributed by atoms with Gasteiger partial charge in [-0.1, -0.05) is 19.0 Å². The molecule has 0 atom stereocenters. The predicted octanol–water partition coefficient (Wildman–Crippen LogP) is 2.29. The van der Waals surface area contributed by atoms with Crippen LogP contribution in [0.3, 0.4) is 0 Å². The van der Waals surface area contributed by atoms with E-state index >= 15 is 0 Å². The molecule has 2 aromatic rings. The van der Waals surface area contributed by atoms with Crippen LogP contribution >= 0.6 is 0 Å². The molecule has 1 heterocycles. The molecule has 0 saturated carbocycles. The fourth-order valence-electron chi connectivity index (χ4n) is 2.75. The summed E-state index contributed by atoms with van der Waals surface area (Å²) in [5.74, 6) is 0.506. The Bertz CT molecular complexity index is 834. The molecule has 0 unspecified atom stereocenters. The van der Waals surface area contributed by atoms with E-state index < -0.39 is 10.0 Å². The van der Waals surface area contributed by atoms with Crippen molar-refractivity contribution in [1.29, 1.82) is 0 Å². The highest BCUT2D eigenvalue weighted by Gasteiger charge is 2.21. The van der Waals surface area contributed by atoms with Gasteiger partial charge in [0.1, 0.15) is 5.76 Å². The molecule has 0 saturated heterocycles. The first-order chi connectivity index (χ1) is 12.3. The van der Waals surface area contributed by atoms with Crippen molar-refractivity contribution in [3.05, 3.63) is 46.8 Å². The number of carbonyl (C=O) groups excluding carboxylic acids is 1. The molecule has 0 radical (unpaired) electrons. The molecular weight excluding hydrogens is 354 g/mol. The van der Waals surface area contributed by atoms with Crippen molar-refractivity contribution in [2.45, 2.75) is 39.0 Å². The molecule has 0 spiro atoms. The second kappa shape index (κ2) is 8.46. The van der Waals surface area contributed by atoms with Gasteiger partial charge in [0.05, 0.1) is 10.6 Å². The fourth-order valence-corrected chi connectivity index (χ4v) is 4.21. The SMILES string of the molecule is CCN(CC)S(=O)(=O)c1ccc(C(=O)NCCc2c(C)noc2C)cc1. The van der Waals surface area contributed by atoms with Crippen LogP contribution in [-0.4, -0.2) is 43.4 Å². The minimum atomic E-state index is -3.52. The lowest BCUT2D eigenvalue weighted by Gasteiger charge is -2.18. The number of aryl methyl sites for hydroxylation is 2. The summed E-state index contributed by atoms with van der Waals surface area (Å²) in [5.41, 5.74) is 2.23. The third-order valence-electron chi connectivity index (χ3n) is 4.30. The Morgan fingerprint density at radius 2 is 1.77 bits per heavy atom. The quantitative estimate of drug-likeness (QED) is 0.760. The maximum atomic E-state index is 12.5. The number of aromatic nitrogens is 1. The van der Waals surface area contributed by atoms with Crippen LogP contribution in [0.15, 0.2) is 33.7 Å². The van der Waals surface area contributed by atoms with Crippen LogP contribution in [0.4, 0.5) is 0 Å². The molecule has 142 valence electrons. The molecule has 0 aliphatic rings. The van der Waals surface area contributed by atoms with E-state index in [0.717, 1.165) is 17.0 Å². The van der Waals surface area contributed by atoms with Crippen molar-refractivity contribution in [3.8, 4) is 0 Å². The van der Waals surface area contributed by atoms with Gasteiger partial charge in [0.2, 0.25) is 10.0 Å². The molecule has 26 heavy (non-hydrogen) atoms. The molecule has 0 bridgehead atoms. The van der Waals surface area contributed by atoms with Gasteiger partial charge in [-0.2, -0.15) is 4.31 Å². The van der Waals surface area contributed by atoms with Gasteiger partial charge in [0.15, 0.2) is 0 Å². The molecule has 1 amide bonds. The first kappa shape index (κ1) is 20.1. The van der Waals surface area contributed by atoms with E-state index in [1.165, 1.54) is 28.6 Å². The van der Waals surface area contributed by atoms with Gasteiger partial charge in [-0.15, -0.1) is 0 Å². The van der Waals surface area contributed by atoms with E-state index in [9.17, 15) is 13.2 Å². The Morgan fingerprint density at radius 3 is 2.27 bits per heavy atom. The summed E-state index contributed by atoms with van der Waals surface area (Å²) in [4.78, 5) is 12.4. The number of nitrogens with zero attached hydrogens (tertiary/aromatic N) is 2. The van der Waals surface area contributed by atoms with Gasteiger partial charge in [-0.25, -0.2) is 8.42 Å². The van der Waals surface area contributed by atoms with E-state index in [-0.39, 0.29) is 10.8 Å². The van der Waals surface area contributed by atoms with Crippen molar-refractivity contribution in [2.75, 3.05) is 19.6 Å². The molecule has 0 aliphatic heterocycles. The van der Waals surface area contributed by atoms with Gasteiger partial charge in [0.25, 0.3) is 5.91 Å². The van der Waals surface area contributed by atoms with Crippen LogP contribution in [0.5, 0.6) is 0 Å². The Morgan fingerprint density at radius 1 is 1.15 bits per heavy atom. The van der Waals surface area contributed by atoms with E-state index in [2.05, 4.69) is 10.5 Å². The highest BCUT2D eigenvalue weighted by molar-refractivity contribution is 7.89. The van der Waals surface area contributed by atoms with Crippen molar-refractivity contribution >= 4 is 15.9 Å². The van der Waals surface area contributed by atoms with Crippen molar-refractivity contribution in [3.63, 3.8) is 0 Å². The van der Waals surface area contributed by atoms with Crippen LogP contribution in [0.25, 0.3) is 0 Å². The largest absolute Gasteiger partial charge is 0.361 e. The number of benzene rings is 1. The minimum absolute atomic E-state index is 0.188. The third kappa shape index (κ3) is 4.31. The average Bonchev–Trinajstić information content (AvgIpc) is 2.94. The molecule has 0 fully saturated rings. The van der Waals surface area contributed by atoms with Crippen LogP contribution in [0.1, 0.15) is 41.2 Å². The van der Waals surface area contributed by atoms with E-state index in [1.807, 2.05) is 13.8 Å². The summed E-state index contributed by atoms with van der Waals surface area (Å²) in [6, 6.07) is 6.00. The van der Waals surface area contributed by atoms with E-state index in [1.54, 1.807) is 13.8 Å². The summed E-state index contributed by atoms with van der Waals surface area (Å²) in [6.45, 7) is 8.55. The maximum Gasteiger partial charge on any atom is 0.251 e. The van der Waals surface area contributed by atoms with Gasteiger partial charge in [-0.3, -0.25) is 4.79 Å². The van der Waals surface area contributed by atoms with Crippen LogP contribution in [0, 0.1) is 13.8 Å². The standard InChI is InChI=1S/C18H25N3O4S/c1-5-21(6-2)26(23,24)16-9-7-15(8-10-16)18(22)19-12-11-17-13(3)20-25-14(17)4/h7-10H,5-6,11-12H2,1-4H3,(H,19,22). The molecule has 2 rings (SSSR count). The number of carbonyl (C=O) groups is 1. The topological polar surface area (TPSA) is 92.5 Å². The minimum Gasteiger partial charge on any atom is -0.361 e. The molecule has 8 heteroatoms. The summed E-state index contributed by atoms with van der Waals surface area (Å²) in [6.07, 6.45) is 0.626. The summed E-state index contributed by atoms with van der Waals surface area (Å²) in [5, 5.41) is 6.71. The predicted molar refractivity (Wildman–Crippen MR) is 98.6 cm³/mol. The lowest BCUT2D eigenvalue weighted by atomic mass is 10.1. The van der Waals surface area contributed by atoms with Gasteiger partial charge >= 0.3 is 0 Å².